The van der Waals surface area contributed by atoms with Crippen LogP contribution in [0.2, 0.25) is 5.15 Å². The molecule has 108 valence electrons. The number of rotatable bonds is 2. The maximum Gasteiger partial charge on any atom is 0.227 e. The van der Waals surface area contributed by atoms with Gasteiger partial charge >= 0.3 is 0 Å². The van der Waals surface area contributed by atoms with Gasteiger partial charge in [0.1, 0.15) is 0 Å². The molecule has 4 nitrogen and oxygen atoms in total. The van der Waals surface area contributed by atoms with Crippen molar-refractivity contribution in [3.05, 3.63) is 57.9 Å². The van der Waals surface area contributed by atoms with Gasteiger partial charge < -0.3 is 4.90 Å². The molecule has 0 spiro atoms. The summed E-state index contributed by atoms with van der Waals surface area (Å²) < 4.78 is 0. The Kier molecular flexibility index (Phi) is 3.88. The average Bonchev–Trinajstić information content (AvgIpc) is 2.48. The summed E-state index contributed by atoms with van der Waals surface area (Å²) in [5.74, 6) is 0.142. The Morgan fingerprint density at radius 2 is 2.14 bits per heavy atom. The molecule has 1 aliphatic rings. The van der Waals surface area contributed by atoms with E-state index in [9.17, 15) is 4.79 Å². The first-order valence-corrected chi connectivity index (χ1v) is 7.34. The van der Waals surface area contributed by atoms with Gasteiger partial charge in [0.25, 0.3) is 0 Å². The molecule has 1 amide bonds. The summed E-state index contributed by atoms with van der Waals surface area (Å²) in [5.41, 5.74) is 4.18. The minimum Gasteiger partial charge on any atom is -0.338 e. The minimum absolute atomic E-state index is 0.142. The fourth-order valence-electron chi connectivity index (χ4n) is 2.60. The van der Waals surface area contributed by atoms with Crippen LogP contribution in [0.25, 0.3) is 0 Å². The lowest BCUT2D eigenvalue weighted by atomic mass is 10.0. The quantitative estimate of drug-likeness (QED) is 0.856. The first-order valence-electron chi connectivity index (χ1n) is 6.97. The molecule has 3 rings (SSSR count). The molecule has 1 aliphatic heterocycles. The topological polar surface area (TPSA) is 46.1 Å². The van der Waals surface area contributed by atoms with Gasteiger partial charge in [-0.25, -0.2) is 0 Å². The summed E-state index contributed by atoms with van der Waals surface area (Å²) in [5, 5.41) is 8.32. The van der Waals surface area contributed by atoms with Crippen LogP contribution in [0.1, 0.15) is 22.4 Å². The Hall–Kier alpha value is -1.94. The molecular weight excluding hydrogens is 286 g/mol. The standard InChI is InChI=1S/C16H16ClN3O/c1-11-4-2-3-5-12(11)9-16(21)20-7-6-14-13(10-20)8-15(17)19-18-14/h2-5,8H,6-7,9-10H2,1H3. The van der Waals surface area contributed by atoms with Crippen LogP contribution in [0.4, 0.5) is 0 Å². The normalized spacial score (nSPS) is 13.9. The molecular formula is C16H16ClN3O. The number of amides is 1. The van der Waals surface area contributed by atoms with Gasteiger partial charge in [0.15, 0.2) is 5.15 Å². The molecule has 0 unspecified atom stereocenters. The predicted molar refractivity (Wildman–Crippen MR) is 81.0 cm³/mol. The highest BCUT2D eigenvalue weighted by molar-refractivity contribution is 6.29. The largest absolute Gasteiger partial charge is 0.338 e. The highest BCUT2D eigenvalue weighted by Gasteiger charge is 2.22. The molecule has 1 aromatic carbocycles. The maximum atomic E-state index is 12.5. The number of nitrogens with zero attached hydrogens (tertiary/aromatic N) is 3. The van der Waals surface area contributed by atoms with Crippen LogP contribution in [0.5, 0.6) is 0 Å². The fraction of sp³-hybridized carbons (Fsp3) is 0.312. The fourth-order valence-corrected chi connectivity index (χ4v) is 2.77. The molecule has 0 fully saturated rings. The van der Waals surface area contributed by atoms with Crippen molar-refractivity contribution < 1.29 is 4.79 Å². The zero-order valence-corrected chi connectivity index (χ0v) is 12.6. The van der Waals surface area contributed by atoms with E-state index in [1.54, 1.807) is 6.07 Å². The molecule has 1 aromatic heterocycles. The number of fused-ring (bicyclic) bond motifs is 1. The first kappa shape index (κ1) is 14.0. The zero-order chi connectivity index (χ0) is 14.8. The smallest absolute Gasteiger partial charge is 0.227 e. The monoisotopic (exact) mass is 301 g/mol. The van der Waals surface area contributed by atoms with Gasteiger partial charge in [-0.05, 0) is 29.7 Å². The van der Waals surface area contributed by atoms with E-state index >= 15 is 0 Å². The lowest BCUT2D eigenvalue weighted by Crippen LogP contribution is -2.37. The van der Waals surface area contributed by atoms with Crippen molar-refractivity contribution in [2.75, 3.05) is 6.54 Å². The summed E-state index contributed by atoms with van der Waals surface area (Å²) in [6.07, 6.45) is 1.17. The molecule has 0 radical (unpaired) electrons. The Morgan fingerprint density at radius 3 is 2.95 bits per heavy atom. The van der Waals surface area contributed by atoms with E-state index in [2.05, 4.69) is 10.2 Å². The van der Waals surface area contributed by atoms with E-state index in [0.29, 0.717) is 24.7 Å². The number of hydrogen-bond donors (Lipinski definition) is 0. The number of aryl methyl sites for hydroxylation is 1. The molecule has 0 atom stereocenters. The van der Waals surface area contributed by atoms with Gasteiger partial charge in [0.2, 0.25) is 5.91 Å². The van der Waals surface area contributed by atoms with E-state index < -0.39 is 0 Å². The molecule has 2 aromatic rings. The number of carbonyl (C=O) groups excluding carboxylic acids is 1. The number of carbonyl (C=O) groups is 1. The van der Waals surface area contributed by atoms with Gasteiger partial charge in [-0.1, -0.05) is 35.9 Å². The lowest BCUT2D eigenvalue weighted by Gasteiger charge is -2.28. The van der Waals surface area contributed by atoms with Crippen LogP contribution in [0, 0.1) is 6.92 Å². The van der Waals surface area contributed by atoms with Crippen LogP contribution in [-0.2, 0) is 24.2 Å². The van der Waals surface area contributed by atoms with Crippen LogP contribution in [0.15, 0.2) is 30.3 Å². The van der Waals surface area contributed by atoms with Gasteiger partial charge in [-0.2, -0.15) is 5.10 Å². The Bertz CT molecular complexity index is 687. The van der Waals surface area contributed by atoms with Crippen molar-refractivity contribution in [1.29, 1.82) is 0 Å². The van der Waals surface area contributed by atoms with Crippen LogP contribution >= 0.6 is 11.6 Å². The Labute approximate surface area is 128 Å². The number of aromatic nitrogens is 2. The van der Waals surface area contributed by atoms with Gasteiger partial charge in [-0.3, -0.25) is 4.79 Å². The van der Waals surface area contributed by atoms with E-state index in [1.807, 2.05) is 36.1 Å². The Balaban J connectivity index is 1.74. The molecule has 0 aliphatic carbocycles. The Morgan fingerprint density at radius 1 is 1.33 bits per heavy atom. The van der Waals surface area contributed by atoms with Crippen molar-refractivity contribution in [2.45, 2.75) is 26.3 Å². The van der Waals surface area contributed by atoms with Gasteiger partial charge in [-0.15, -0.1) is 5.10 Å². The summed E-state index contributed by atoms with van der Waals surface area (Å²) in [7, 11) is 0. The van der Waals surface area contributed by atoms with Crippen molar-refractivity contribution in [2.24, 2.45) is 0 Å². The van der Waals surface area contributed by atoms with Crippen LogP contribution in [0.3, 0.4) is 0 Å². The number of halogens is 1. The van der Waals surface area contributed by atoms with Crippen molar-refractivity contribution in [3.8, 4) is 0 Å². The summed E-state index contributed by atoms with van der Waals surface area (Å²) >= 11 is 5.88. The molecule has 0 saturated heterocycles. The number of hydrogen-bond acceptors (Lipinski definition) is 3. The molecule has 0 saturated carbocycles. The highest BCUT2D eigenvalue weighted by atomic mass is 35.5. The van der Waals surface area contributed by atoms with E-state index in [1.165, 1.54) is 0 Å². The summed E-state index contributed by atoms with van der Waals surface area (Å²) in [4.78, 5) is 14.3. The molecule has 21 heavy (non-hydrogen) atoms. The van der Waals surface area contributed by atoms with E-state index in [-0.39, 0.29) is 5.91 Å². The molecule has 0 N–H and O–H groups in total. The number of benzene rings is 1. The van der Waals surface area contributed by atoms with Crippen molar-refractivity contribution in [1.82, 2.24) is 15.1 Å². The second-order valence-electron chi connectivity index (χ2n) is 5.31. The van der Waals surface area contributed by atoms with E-state index in [0.717, 1.165) is 28.8 Å². The third-order valence-corrected chi connectivity index (χ3v) is 4.05. The molecule has 0 bridgehead atoms. The zero-order valence-electron chi connectivity index (χ0n) is 11.8. The SMILES string of the molecule is Cc1ccccc1CC(=O)N1CCc2nnc(Cl)cc2C1. The van der Waals surface area contributed by atoms with Crippen LogP contribution < -0.4 is 0 Å². The molecule has 5 heteroatoms. The molecule has 2 heterocycles. The second kappa shape index (κ2) is 5.82. The van der Waals surface area contributed by atoms with Gasteiger partial charge in [0, 0.05) is 19.5 Å². The summed E-state index contributed by atoms with van der Waals surface area (Å²) in [6, 6.07) is 9.80. The summed E-state index contributed by atoms with van der Waals surface area (Å²) in [6.45, 7) is 3.28. The van der Waals surface area contributed by atoms with E-state index in [4.69, 9.17) is 11.6 Å². The predicted octanol–water partition coefficient (Wildman–Crippen LogP) is 2.57. The van der Waals surface area contributed by atoms with Crippen molar-refractivity contribution >= 4 is 17.5 Å². The first-order chi connectivity index (χ1) is 10.1. The third-order valence-electron chi connectivity index (χ3n) is 3.87. The van der Waals surface area contributed by atoms with Crippen LogP contribution in [-0.4, -0.2) is 27.5 Å². The third kappa shape index (κ3) is 3.05. The highest BCUT2D eigenvalue weighted by Crippen LogP contribution is 2.20. The van der Waals surface area contributed by atoms with Crippen molar-refractivity contribution in [3.63, 3.8) is 0 Å². The average molecular weight is 302 g/mol. The maximum absolute atomic E-state index is 12.5. The second-order valence-corrected chi connectivity index (χ2v) is 5.69. The lowest BCUT2D eigenvalue weighted by molar-refractivity contribution is -0.131. The minimum atomic E-state index is 0.142. The van der Waals surface area contributed by atoms with Gasteiger partial charge in [0.05, 0.1) is 12.1 Å².